The maximum Gasteiger partial charge on any atom is 0.129 e. The zero-order valence-electron chi connectivity index (χ0n) is 9.87. The van der Waals surface area contributed by atoms with Gasteiger partial charge in [0.1, 0.15) is 5.15 Å². The monoisotopic (exact) mass is 262 g/mol. The SMILES string of the molecule is CCC(CC)CNCc1ccc(Cl)nc1.Cl. The molecular formula is C12H20Cl2N2. The van der Waals surface area contributed by atoms with Crippen molar-refractivity contribution in [3.8, 4) is 0 Å². The lowest BCUT2D eigenvalue weighted by atomic mass is 10.0. The van der Waals surface area contributed by atoms with Crippen molar-refractivity contribution < 1.29 is 0 Å². The average molecular weight is 263 g/mol. The summed E-state index contributed by atoms with van der Waals surface area (Å²) in [6.07, 6.45) is 4.30. The fourth-order valence-electron chi connectivity index (χ4n) is 1.51. The second kappa shape index (κ2) is 8.80. The lowest BCUT2D eigenvalue weighted by Gasteiger charge is -2.12. The molecule has 0 aromatic carbocycles. The van der Waals surface area contributed by atoms with Gasteiger partial charge in [0.05, 0.1) is 0 Å². The Morgan fingerprint density at radius 2 is 2.00 bits per heavy atom. The summed E-state index contributed by atoms with van der Waals surface area (Å²) in [5.74, 6) is 0.783. The molecule has 1 N–H and O–H groups in total. The van der Waals surface area contributed by atoms with E-state index < -0.39 is 0 Å². The van der Waals surface area contributed by atoms with Gasteiger partial charge in [0.15, 0.2) is 0 Å². The fourth-order valence-corrected chi connectivity index (χ4v) is 1.62. The Bertz CT molecular complexity index is 271. The molecule has 0 fully saturated rings. The van der Waals surface area contributed by atoms with E-state index in [2.05, 4.69) is 24.1 Å². The molecule has 0 saturated heterocycles. The topological polar surface area (TPSA) is 24.9 Å². The van der Waals surface area contributed by atoms with Crippen LogP contribution in [0.25, 0.3) is 0 Å². The maximum atomic E-state index is 5.71. The van der Waals surface area contributed by atoms with Gasteiger partial charge in [-0.2, -0.15) is 0 Å². The molecule has 1 heterocycles. The molecule has 0 bridgehead atoms. The molecule has 92 valence electrons. The Kier molecular flexibility index (Phi) is 8.63. The van der Waals surface area contributed by atoms with E-state index in [1.165, 1.54) is 18.4 Å². The van der Waals surface area contributed by atoms with Crippen molar-refractivity contribution >= 4 is 24.0 Å². The van der Waals surface area contributed by atoms with Crippen LogP contribution in [0.5, 0.6) is 0 Å². The van der Waals surface area contributed by atoms with Gasteiger partial charge in [0.2, 0.25) is 0 Å². The highest BCUT2D eigenvalue weighted by atomic mass is 35.5. The molecule has 1 rings (SSSR count). The van der Waals surface area contributed by atoms with E-state index in [9.17, 15) is 0 Å². The number of hydrogen-bond donors (Lipinski definition) is 1. The molecule has 4 heteroatoms. The Balaban J connectivity index is 0.00000225. The van der Waals surface area contributed by atoms with E-state index in [1.54, 1.807) is 0 Å². The van der Waals surface area contributed by atoms with Crippen molar-refractivity contribution in [2.45, 2.75) is 33.2 Å². The van der Waals surface area contributed by atoms with Crippen LogP contribution >= 0.6 is 24.0 Å². The first kappa shape index (κ1) is 15.7. The van der Waals surface area contributed by atoms with Crippen LogP contribution < -0.4 is 5.32 Å². The van der Waals surface area contributed by atoms with Crippen LogP contribution in [0.3, 0.4) is 0 Å². The number of pyridine rings is 1. The second-order valence-electron chi connectivity index (χ2n) is 3.80. The van der Waals surface area contributed by atoms with Crippen molar-refractivity contribution in [2.75, 3.05) is 6.54 Å². The minimum atomic E-state index is 0. The summed E-state index contributed by atoms with van der Waals surface area (Å²) in [6.45, 7) is 6.43. The quantitative estimate of drug-likeness (QED) is 0.792. The van der Waals surface area contributed by atoms with Gasteiger partial charge in [-0.05, 0) is 24.1 Å². The molecule has 0 radical (unpaired) electrons. The molecule has 1 aromatic heterocycles. The van der Waals surface area contributed by atoms with Crippen LogP contribution in [-0.4, -0.2) is 11.5 Å². The number of nitrogens with one attached hydrogen (secondary N) is 1. The van der Waals surface area contributed by atoms with E-state index in [0.29, 0.717) is 5.15 Å². The van der Waals surface area contributed by atoms with E-state index in [4.69, 9.17) is 11.6 Å². The van der Waals surface area contributed by atoms with Gasteiger partial charge < -0.3 is 5.32 Å². The molecule has 0 aliphatic rings. The Morgan fingerprint density at radius 1 is 1.31 bits per heavy atom. The molecule has 16 heavy (non-hydrogen) atoms. The van der Waals surface area contributed by atoms with Gasteiger partial charge in [-0.1, -0.05) is 44.4 Å². The highest BCUT2D eigenvalue weighted by Crippen LogP contribution is 2.07. The number of halogens is 2. The molecule has 2 nitrogen and oxygen atoms in total. The number of nitrogens with zero attached hydrogens (tertiary/aromatic N) is 1. The van der Waals surface area contributed by atoms with Crippen LogP contribution in [0.15, 0.2) is 18.3 Å². The number of hydrogen-bond acceptors (Lipinski definition) is 2. The Morgan fingerprint density at radius 3 is 2.50 bits per heavy atom. The summed E-state index contributed by atoms with van der Waals surface area (Å²) < 4.78 is 0. The van der Waals surface area contributed by atoms with Crippen LogP contribution in [0.4, 0.5) is 0 Å². The number of aromatic nitrogens is 1. The zero-order chi connectivity index (χ0) is 11.1. The van der Waals surface area contributed by atoms with Gasteiger partial charge in [-0.25, -0.2) is 4.98 Å². The van der Waals surface area contributed by atoms with Gasteiger partial charge in [0, 0.05) is 12.7 Å². The summed E-state index contributed by atoms with van der Waals surface area (Å²) in [6, 6.07) is 3.84. The summed E-state index contributed by atoms with van der Waals surface area (Å²) >= 11 is 5.71. The molecule has 0 unspecified atom stereocenters. The average Bonchev–Trinajstić information content (AvgIpc) is 2.27. The first-order valence-corrected chi connectivity index (χ1v) is 5.95. The Labute approximate surface area is 109 Å². The van der Waals surface area contributed by atoms with E-state index in [1.807, 2.05) is 18.3 Å². The molecule has 0 aliphatic heterocycles. The number of rotatable bonds is 6. The van der Waals surface area contributed by atoms with Gasteiger partial charge >= 0.3 is 0 Å². The molecular weight excluding hydrogens is 243 g/mol. The van der Waals surface area contributed by atoms with Crippen molar-refractivity contribution in [3.05, 3.63) is 29.0 Å². The van der Waals surface area contributed by atoms with Crippen molar-refractivity contribution in [1.82, 2.24) is 10.3 Å². The van der Waals surface area contributed by atoms with Crippen LogP contribution in [0.2, 0.25) is 5.15 Å². The summed E-state index contributed by atoms with van der Waals surface area (Å²) in [5.41, 5.74) is 1.19. The molecule has 1 aromatic rings. The molecule has 0 spiro atoms. The third-order valence-corrected chi connectivity index (χ3v) is 2.93. The van der Waals surface area contributed by atoms with Gasteiger partial charge in [0.25, 0.3) is 0 Å². The van der Waals surface area contributed by atoms with Crippen LogP contribution in [0, 0.1) is 5.92 Å². The highest BCUT2D eigenvalue weighted by molar-refractivity contribution is 6.29. The second-order valence-corrected chi connectivity index (χ2v) is 4.19. The normalized spacial score (nSPS) is 10.2. The lowest BCUT2D eigenvalue weighted by Crippen LogP contribution is -2.21. The highest BCUT2D eigenvalue weighted by Gasteiger charge is 2.02. The first-order chi connectivity index (χ1) is 7.26. The molecule has 0 atom stereocenters. The minimum absolute atomic E-state index is 0. The predicted octanol–water partition coefficient (Wildman–Crippen LogP) is 3.68. The van der Waals surface area contributed by atoms with Crippen molar-refractivity contribution in [3.63, 3.8) is 0 Å². The fraction of sp³-hybridized carbons (Fsp3) is 0.583. The largest absolute Gasteiger partial charge is 0.312 e. The van der Waals surface area contributed by atoms with Gasteiger partial charge in [-0.15, -0.1) is 12.4 Å². The summed E-state index contributed by atoms with van der Waals surface area (Å²) in [4.78, 5) is 4.04. The van der Waals surface area contributed by atoms with Crippen LogP contribution in [0.1, 0.15) is 32.3 Å². The van der Waals surface area contributed by atoms with E-state index in [-0.39, 0.29) is 12.4 Å². The predicted molar refractivity (Wildman–Crippen MR) is 72.3 cm³/mol. The molecule has 0 saturated carbocycles. The van der Waals surface area contributed by atoms with E-state index in [0.717, 1.165) is 19.0 Å². The molecule has 0 amide bonds. The zero-order valence-corrected chi connectivity index (χ0v) is 11.4. The van der Waals surface area contributed by atoms with Gasteiger partial charge in [-0.3, -0.25) is 0 Å². The third kappa shape index (κ3) is 5.69. The van der Waals surface area contributed by atoms with Crippen LogP contribution in [-0.2, 0) is 6.54 Å². The first-order valence-electron chi connectivity index (χ1n) is 5.57. The van der Waals surface area contributed by atoms with Crippen molar-refractivity contribution in [2.24, 2.45) is 5.92 Å². The summed E-state index contributed by atoms with van der Waals surface area (Å²) in [7, 11) is 0. The van der Waals surface area contributed by atoms with E-state index >= 15 is 0 Å². The lowest BCUT2D eigenvalue weighted by molar-refractivity contribution is 0.449. The smallest absolute Gasteiger partial charge is 0.129 e. The van der Waals surface area contributed by atoms with Crippen molar-refractivity contribution in [1.29, 1.82) is 0 Å². The maximum absolute atomic E-state index is 5.71. The Hall–Kier alpha value is -0.310. The third-order valence-electron chi connectivity index (χ3n) is 2.71. The molecule has 0 aliphatic carbocycles. The summed E-state index contributed by atoms with van der Waals surface area (Å²) in [5, 5.41) is 3.99. The standard InChI is InChI=1S/C12H19ClN2.ClH/c1-3-10(4-2)7-14-8-11-5-6-12(13)15-9-11;/h5-6,9-10,14H,3-4,7-8H2,1-2H3;1H. The minimum Gasteiger partial charge on any atom is -0.312 e.